The summed E-state index contributed by atoms with van der Waals surface area (Å²) >= 11 is 6.04. The lowest BCUT2D eigenvalue weighted by Gasteiger charge is -2.33. The molecule has 1 fully saturated rings. The van der Waals surface area contributed by atoms with Crippen LogP contribution in [0.2, 0.25) is 5.02 Å². The maximum Gasteiger partial charge on any atom is 0.253 e. The minimum absolute atomic E-state index is 0.0693. The van der Waals surface area contributed by atoms with Crippen LogP contribution in [0.4, 0.5) is 0 Å². The lowest BCUT2D eigenvalue weighted by atomic mass is 10.1. The predicted molar refractivity (Wildman–Crippen MR) is 104 cm³/mol. The number of amides is 1. The number of likely N-dealkylation sites (tertiary alicyclic amines) is 1. The Hall–Kier alpha value is -2.09. The zero-order valence-corrected chi connectivity index (χ0v) is 16.5. The van der Waals surface area contributed by atoms with Gasteiger partial charge in [-0.05, 0) is 43.2 Å². The molecule has 0 saturated carbocycles. The molecule has 27 heavy (non-hydrogen) atoms. The molecule has 2 aromatic carbocycles. The molecule has 8 heteroatoms. The van der Waals surface area contributed by atoms with Crippen LogP contribution in [0.3, 0.4) is 0 Å². The number of hydrogen-bond acceptors (Lipinski definition) is 4. The van der Waals surface area contributed by atoms with Gasteiger partial charge in [-0.1, -0.05) is 29.8 Å². The van der Waals surface area contributed by atoms with E-state index < -0.39 is 10.0 Å². The standard InChI is InChI=1S/C19H21ClN2O4S/c1-26-18-10-9-16(12-17(18)20)27(24,25)21-15-8-5-11-22(13-15)19(23)14-6-3-2-4-7-14/h2-4,6-7,9-10,12,15,21H,5,8,11,13H2,1H3. The number of methoxy groups -OCH3 is 1. The van der Waals surface area contributed by atoms with Gasteiger partial charge in [0.25, 0.3) is 5.91 Å². The molecule has 0 radical (unpaired) electrons. The molecular formula is C19H21ClN2O4S. The van der Waals surface area contributed by atoms with Crippen LogP contribution in [-0.2, 0) is 10.0 Å². The van der Waals surface area contributed by atoms with Crippen LogP contribution in [0.25, 0.3) is 0 Å². The fourth-order valence-corrected chi connectivity index (χ4v) is 4.73. The fraction of sp³-hybridized carbons (Fsp3) is 0.316. The number of hydrogen-bond donors (Lipinski definition) is 1. The number of nitrogens with one attached hydrogen (secondary N) is 1. The van der Waals surface area contributed by atoms with Crippen LogP contribution < -0.4 is 9.46 Å². The van der Waals surface area contributed by atoms with Gasteiger partial charge in [-0.3, -0.25) is 4.79 Å². The molecular weight excluding hydrogens is 388 g/mol. The highest BCUT2D eigenvalue weighted by Gasteiger charge is 2.28. The molecule has 3 rings (SSSR count). The summed E-state index contributed by atoms with van der Waals surface area (Å²) in [6, 6.07) is 13.0. The Balaban J connectivity index is 1.71. The SMILES string of the molecule is COc1ccc(S(=O)(=O)NC2CCCN(C(=O)c3ccccc3)C2)cc1Cl. The molecule has 1 atom stereocenters. The van der Waals surface area contributed by atoms with Crippen LogP contribution in [-0.4, -0.2) is 45.5 Å². The van der Waals surface area contributed by atoms with Crippen molar-refractivity contribution in [3.8, 4) is 5.75 Å². The van der Waals surface area contributed by atoms with Gasteiger partial charge >= 0.3 is 0 Å². The van der Waals surface area contributed by atoms with E-state index in [0.29, 0.717) is 30.8 Å². The molecule has 144 valence electrons. The molecule has 1 aliphatic heterocycles. The van der Waals surface area contributed by atoms with Crippen LogP contribution in [0.15, 0.2) is 53.4 Å². The third-order valence-corrected chi connectivity index (χ3v) is 6.30. The summed E-state index contributed by atoms with van der Waals surface area (Å²) in [6.07, 6.45) is 1.40. The van der Waals surface area contributed by atoms with Crippen molar-refractivity contribution in [2.75, 3.05) is 20.2 Å². The van der Waals surface area contributed by atoms with Gasteiger partial charge < -0.3 is 9.64 Å². The van der Waals surface area contributed by atoms with Crippen molar-refractivity contribution >= 4 is 27.5 Å². The Morgan fingerprint density at radius 3 is 2.63 bits per heavy atom. The van der Waals surface area contributed by atoms with Crippen molar-refractivity contribution in [3.63, 3.8) is 0 Å². The summed E-state index contributed by atoms with van der Waals surface area (Å²) in [4.78, 5) is 14.4. The minimum Gasteiger partial charge on any atom is -0.495 e. The minimum atomic E-state index is -3.75. The average molecular weight is 409 g/mol. The van der Waals surface area contributed by atoms with E-state index in [2.05, 4.69) is 4.72 Å². The highest BCUT2D eigenvalue weighted by Crippen LogP contribution is 2.27. The van der Waals surface area contributed by atoms with Crippen molar-refractivity contribution in [1.29, 1.82) is 0 Å². The smallest absolute Gasteiger partial charge is 0.253 e. The van der Waals surface area contributed by atoms with Gasteiger partial charge in [0.1, 0.15) is 5.75 Å². The summed E-state index contributed by atoms with van der Waals surface area (Å²) in [7, 11) is -2.28. The molecule has 0 spiro atoms. The van der Waals surface area contributed by atoms with Gasteiger partial charge in [0.15, 0.2) is 0 Å². The highest BCUT2D eigenvalue weighted by atomic mass is 35.5. The van der Waals surface area contributed by atoms with E-state index in [-0.39, 0.29) is 21.9 Å². The first-order valence-corrected chi connectivity index (χ1v) is 10.5. The van der Waals surface area contributed by atoms with Crippen LogP contribution in [0.5, 0.6) is 5.75 Å². The van der Waals surface area contributed by atoms with Crippen molar-refractivity contribution in [2.45, 2.75) is 23.8 Å². The molecule has 1 amide bonds. The van der Waals surface area contributed by atoms with Crippen molar-refractivity contribution in [2.24, 2.45) is 0 Å². The molecule has 0 aromatic heterocycles. The van der Waals surface area contributed by atoms with Gasteiger partial charge in [0, 0.05) is 24.7 Å². The Kier molecular flexibility index (Phi) is 6.04. The van der Waals surface area contributed by atoms with Crippen molar-refractivity contribution in [3.05, 3.63) is 59.1 Å². The van der Waals surface area contributed by atoms with E-state index in [1.165, 1.54) is 25.3 Å². The van der Waals surface area contributed by atoms with Crippen LogP contribution >= 0.6 is 11.6 Å². The van der Waals surface area contributed by atoms with E-state index in [0.717, 1.165) is 6.42 Å². The first-order valence-electron chi connectivity index (χ1n) is 8.61. The number of rotatable bonds is 5. The van der Waals surface area contributed by atoms with E-state index in [9.17, 15) is 13.2 Å². The summed E-state index contributed by atoms with van der Waals surface area (Å²) in [5, 5.41) is 0.227. The van der Waals surface area contributed by atoms with E-state index in [4.69, 9.17) is 16.3 Å². The molecule has 1 N–H and O–H groups in total. The number of sulfonamides is 1. The molecule has 1 aliphatic rings. The molecule has 1 saturated heterocycles. The third-order valence-electron chi connectivity index (χ3n) is 4.48. The molecule has 0 aliphatic carbocycles. The van der Waals surface area contributed by atoms with Crippen molar-refractivity contribution in [1.82, 2.24) is 9.62 Å². The van der Waals surface area contributed by atoms with Crippen molar-refractivity contribution < 1.29 is 17.9 Å². The first-order chi connectivity index (χ1) is 12.9. The highest BCUT2D eigenvalue weighted by molar-refractivity contribution is 7.89. The van der Waals surface area contributed by atoms with Gasteiger partial charge in [-0.2, -0.15) is 0 Å². The number of ether oxygens (including phenoxy) is 1. The van der Waals surface area contributed by atoms with Gasteiger partial charge in [0.2, 0.25) is 10.0 Å². The summed E-state index contributed by atoms with van der Waals surface area (Å²) in [6.45, 7) is 0.942. The number of halogens is 1. The van der Waals surface area contributed by atoms with E-state index >= 15 is 0 Å². The van der Waals surface area contributed by atoms with Gasteiger partial charge in [-0.25, -0.2) is 13.1 Å². The predicted octanol–water partition coefficient (Wildman–Crippen LogP) is 2.93. The Morgan fingerprint density at radius 1 is 1.22 bits per heavy atom. The summed E-state index contributed by atoms with van der Waals surface area (Å²) < 4.78 is 33.1. The molecule has 2 aromatic rings. The summed E-state index contributed by atoms with van der Waals surface area (Å²) in [5.74, 6) is 0.319. The van der Waals surface area contributed by atoms with Crippen LogP contribution in [0.1, 0.15) is 23.2 Å². The second-order valence-corrected chi connectivity index (χ2v) is 8.50. The molecule has 6 nitrogen and oxygen atoms in total. The zero-order valence-electron chi connectivity index (χ0n) is 14.9. The zero-order chi connectivity index (χ0) is 19.4. The molecule has 1 unspecified atom stereocenters. The molecule has 1 heterocycles. The number of carbonyl (C=O) groups is 1. The first kappa shape index (κ1) is 19.7. The largest absolute Gasteiger partial charge is 0.495 e. The van der Waals surface area contributed by atoms with E-state index in [1.807, 2.05) is 18.2 Å². The number of carbonyl (C=O) groups excluding carboxylic acids is 1. The van der Waals surface area contributed by atoms with Gasteiger partial charge in [-0.15, -0.1) is 0 Å². The third kappa shape index (κ3) is 4.61. The average Bonchev–Trinajstić information content (AvgIpc) is 2.68. The topological polar surface area (TPSA) is 75.7 Å². The summed E-state index contributed by atoms with van der Waals surface area (Å²) in [5.41, 5.74) is 0.600. The monoisotopic (exact) mass is 408 g/mol. The van der Waals surface area contributed by atoms with Gasteiger partial charge in [0.05, 0.1) is 17.0 Å². The normalized spacial score (nSPS) is 17.6. The molecule has 0 bridgehead atoms. The number of nitrogens with zero attached hydrogens (tertiary/aromatic N) is 1. The van der Waals surface area contributed by atoms with E-state index in [1.54, 1.807) is 17.0 Å². The second kappa shape index (κ2) is 8.29. The second-order valence-electron chi connectivity index (χ2n) is 6.37. The number of piperidine rings is 1. The lowest BCUT2D eigenvalue weighted by Crippen LogP contribution is -2.49. The maximum absolute atomic E-state index is 12.7. The lowest BCUT2D eigenvalue weighted by molar-refractivity contribution is 0.0703. The van der Waals surface area contributed by atoms with Crippen LogP contribution in [0, 0.1) is 0 Å². The Labute approximate surface area is 164 Å². The Bertz CT molecular complexity index is 919. The fourth-order valence-electron chi connectivity index (χ4n) is 3.12. The Morgan fingerprint density at radius 2 is 1.96 bits per heavy atom. The maximum atomic E-state index is 12.7. The quantitative estimate of drug-likeness (QED) is 0.825. The number of benzene rings is 2.